The van der Waals surface area contributed by atoms with Gasteiger partial charge in [-0.15, -0.1) is 0 Å². The van der Waals surface area contributed by atoms with Crippen molar-refractivity contribution in [1.29, 1.82) is 0 Å². The van der Waals surface area contributed by atoms with E-state index >= 15 is 0 Å². The van der Waals surface area contributed by atoms with Gasteiger partial charge in [0.15, 0.2) is 18.0 Å². The lowest BCUT2D eigenvalue weighted by Gasteiger charge is -2.53. The Bertz CT molecular complexity index is 1030. The third-order valence-electron chi connectivity index (χ3n) is 9.53. The summed E-state index contributed by atoms with van der Waals surface area (Å²) in [6, 6.07) is 0. The van der Waals surface area contributed by atoms with E-state index < -0.39 is 53.3 Å². The number of carbonyl (C=O) groups is 3. The molecule has 3 fully saturated rings. The number of aliphatic hydroxyl groups is 2. The molecule has 2 N–H and O–H groups in total. The average Bonchev–Trinajstić information content (AvgIpc) is 3.27. The van der Waals surface area contributed by atoms with E-state index in [1.54, 1.807) is 0 Å². The molecule has 0 unspecified atom stereocenters. The topological polar surface area (TPSA) is 119 Å². The van der Waals surface area contributed by atoms with E-state index in [4.69, 9.17) is 14.2 Å². The fourth-order valence-electron chi connectivity index (χ4n) is 7.81. The van der Waals surface area contributed by atoms with Crippen molar-refractivity contribution in [1.82, 2.24) is 0 Å². The molecule has 2 heterocycles. The van der Waals surface area contributed by atoms with Crippen LogP contribution in [0, 0.1) is 28.6 Å². The standard InChI is InChI=1S/C27H36O8/c1-13(2)16-6-7-25(4)8-9-26(5)21(20(16)25)17(30)10-15(11-28)19-23(26)35-24-27(19,32)22(31)18(12-33-24)34-14(3)29/h10-11,13,17-19,21,23-24,30,32H,6-9,12H2,1-5H3/t17-,18+,19+,21+,23-,24+,25-,26+,27+/m0/s1. The monoisotopic (exact) mass is 488 g/mol. The number of rotatable bonds is 3. The molecule has 0 radical (unpaired) electrons. The molecule has 5 aliphatic rings. The van der Waals surface area contributed by atoms with Crippen LogP contribution in [0.2, 0.25) is 0 Å². The van der Waals surface area contributed by atoms with E-state index in [1.807, 2.05) is 6.92 Å². The first kappa shape index (κ1) is 24.8. The highest BCUT2D eigenvalue weighted by atomic mass is 16.7. The second kappa shape index (κ2) is 8.07. The summed E-state index contributed by atoms with van der Waals surface area (Å²) in [5.41, 5.74) is -0.216. The van der Waals surface area contributed by atoms with Gasteiger partial charge in [0.25, 0.3) is 0 Å². The molecule has 3 aliphatic carbocycles. The molecule has 0 aromatic carbocycles. The Balaban J connectivity index is 1.66. The number of aliphatic hydroxyl groups excluding tert-OH is 1. The first-order chi connectivity index (χ1) is 16.4. The van der Waals surface area contributed by atoms with Gasteiger partial charge in [0.05, 0.1) is 24.7 Å². The highest BCUT2D eigenvalue weighted by molar-refractivity contribution is 5.96. The number of allylic oxidation sites excluding steroid dienone is 1. The van der Waals surface area contributed by atoms with E-state index in [0.29, 0.717) is 18.6 Å². The molecule has 2 aliphatic heterocycles. The van der Waals surface area contributed by atoms with E-state index in [9.17, 15) is 24.6 Å². The SMILES string of the molecule is CC(=O)O[C@@H]1CO[C@@H]2O[C@H]3[C@@H](C(C=O)=C[C@H](O)[C@@H]4C5=C(C(C)C)CC[C@@]5(C)CC[C@@]34C)[C@@]2(O)C1=O. The molecule has 9 atom stereocenters. The van der Waals surface area contributed by atoms with E-state index in [0.717, 1.165) is 19.3 Å². The lowest BCUT2D eigenvalue weighted by Crippen LogP contribution is -2.62. The first-order valence-corrected chi connectivity index (χ1v) is 12.7. The van der Waals surface area contributed by atoms with Crippen molar-refractivity contribution in [3.8, 4) is 0 Å². The maximum Gasteiger partial charge on any atom is 0.303 e. The van der Waals surface area contributed by atoms with Crippen LogP contribution in [0.25, 0.3) is 0 Å². The molecule has 8 heteroatoms. The lowest BCUT2D eigenvalue weighted by atomic mass is 9.52. The van der Waals surface area contributed by atoms with Crippen LogP contribution in [0.5, 0.6) is 0 Å². The number of Topliss-reactive ketones (excluding diaryl/α,β-unsaturated/α-hetero) is 1. The molecule has 35 heavy (non-hydrogen) atoms. The van der Waals surface area contributed by atoms with Crippen molar-refractivity contribution < 1.29 is 38.8 Å². The van der Waals surface area contributed by atoms with Crippen LogP contribution in [0.3, 0.4) is 0 Å². The molecule has 0 amide bonds. The predicted octanol–water partition coefficient (Wildman–Crippen LogP) is 2.26. The molecular weight excluding hydrogens is 452 g/mol. The molecule has 0 aromatic heterocycles. The van der Waals surface area contributed by atoms with E-state index in [1.165, 1.54) is 24.1 Å². The zero-order valence-electron chi connectivity index (χ0n) is 21.1. The minimum atomic E-state index is -2.21. The summed E-state index contributed by atoms with van der Waals surface area (Å²) in [5, 5.41) is 23.5. The zero-order chi connectivity index (χ0) is 25.5. The highest BCUT2D eigenvalue weighted by Crippen LogP contribution is 2.66. The lowest BCUT2D eigenvalue weighted by molar-refractivity contribution is -0.244. The second-order valence-electron chi connectivity index (χ2n) is 11.9. The second-order valence-corrected chi connectivity index (χ2v) is 11.9. The van der Waals surface area contributed by atoms with Gasteiger partial charge >= 0.3 is 5.97 Å². The fourth-order valence-corrected chi connectivity index (χ4v) is 7.81. The number of hydrogen-bond acceptors (Lipinski definition) is 8. The van der Waals surface area contributed by atoms with Crippen LogP contribution >= 0.6 is 0 Å². The third-order valence-corrected chi connectivity index (χ3v) is 9.53. The first-order valence-electron chi connectivity index (χ1n) is 12.7. The molecule has 0 aromatic rings. The van der Waals surface area contributed by atoms with Crippen LogP contribution in [0.1, 0.15) is 60.3 Å². The summed E-state index contributed by atoms with van der Waals surface area (Å²) in [6.45, 7) is 9.59. The van der Waals surface area contributed by atoms with Crippen LogP contribution in [0.15, 0.2) is 22.8 Å². The van der Waals surface area contributed by atoms with Gasteiger partial charge in [-0.3, -0.25) is 14.4 Å². The van der Waals surface area contributed by atoms with Crippen molar-refractivity contribution in [3.63, 3.8) is 0 Å². The molecular formula is C27H36O8. The third kappa shape index (κ3) is 3.29. The normalized spacial score (nSPS) is 46.9. The molecule has 0 bridgehead atoms. The number of ketones is 1. The van der Waals surface area contributed by atoms with Crippen molar-refractivity contribution in [2.75, 3.05) is 6.61 Å². The minimum Gasteiger partial charge on any atom is -0.452 e. The van der Waals surface area contributed by atoms with Crippen LogP contribution in [0.4, 0.5) is 0 Å². The predicted molar refractivity (Wildman–Crippen MR) is 124 cm³/mol. The van der Waals surface area contributed by atoms with Crippen LogP contribution < -0.4 is 0 Å². The Labute approximate surface area is 205 Å². The van der Waals surface area contributed by atoms with Crippen LogP contribution in [-0.4, -0.2) is 65.1 Å². The van der Waals surface area contributed by atoms with E-state index in [-0.39, 0.29) is 23.5 Å². The number of ether oxygens (including phenoxy) is 3. The van der Waals surface area contributed by atoms with Crippen LogP contribution in [-0.2, 0) is 28.6 Å². The van der Waals surface area contributed by atoms with Gasteiger partial charge in [-0.05, 0) is 48.7 Å². The Morgan fingerprint density at radius 2 is 1.94 bits per heavy atom. The molecule has 0 spiro atoms. The molecule has 192 valence electrons. The largest absolute Gasteiger partial charge is 0.452 e. The molecule has 2 saturated heterocycles. The van der Waals surface area contributed by atoms with Gasteiger partial charge in [-0.2, -0.15) is 0 Å². The highest BCUT2D eigenvalue weighted by Gasteiger charge is 2.72. The number of carbonyl (C=O) groups excluding carboxylic acids is 3. The smallest absolute Gasteiger partial charge is 0.303 e. The Kier molecular flexibility index (Phi) is 5.72. The quantitative estimate of drug-likeness (QED) is 0.353. The number of esters is 1. The van der Waals surface area contributed by atoms with Gasteiger partial charge in [0.2, 0.25) is 5.78 Å². The van der Waals surface area contributed by atoms with Gasteiger partial charge in [0.1, 0.15) is 6.29 Å². The molecule has 1 saturated carbocycles. The minimum absolute atomic E-state index is 0.0468. The van der Waals surface area contributed by atoms with E-state index in [2.05, 4.69) is 20.8 Å². The number of aldehydes is 1. The summed E-state index contributed by atoms with van der Waals surface area (Å²) in [5.74, 6) is -2.45. The number of fused-ring (bicyclic) bond motifs is 7. The van der Waals surface area contributed by atoms with Gasteiger partial charge < -0.3 is 24.4 Å². The van der Waals surface area contributed by atoms with Crippen molar-refractivity contribution in [2.24, 2.45) is 28.6 Å². The van der Waals surface area contributed by atoms with Crippen molar-refractivity contribution in [3.05, 3.63) is 22.8 Å². The maximum atomic E-state index is 13.5. The maximum absolute atomic E-state index is 13.5. The molecule has 8 nitrogen and oxygen atoms in total. The van der Waals surface area contributed by atoms with Gasteiger partial charge in [0, 0.05) is 18.3 Å². The average molecular weight is 489 g/mol. The zero-order valence-corrected chi connectivity index (χ0v) is 21.1. The van der Waals surface area contributed by atoms with Crippen molar-refractivity contribution >= 4 is 18.0 Å². The molecule has 5 rings (SSSR count). The summed E-state index contributed by atoms with van der Waals surface area (Å²) in [6.07, 6.45) is 1.38. The Morgan fingerprint density at radius 1 is 1.23 bits per heavy atom. The van der Waals surface area contributed by atoms with Gasteiger partial charge in [-0.25, -0.2) is 0 Å². The Hall–Kier alpha value is -1.87. The van der Waals surface area contributed by atoms with Gasteiger partial charge in [-0.1, -0.05) is 38.8 Å². The summed E-state index contributed by atoms with van der Waals surface area (Å²) in [4.78, 5) is 37.4. The summed E-state index contributed by atoms with van der Waals surface area (Å²) < 4.78 is 17.2. The summed E-state index contributed by atoms with van der Waals surface area (Å²) in [7, 11) is 0. The number of hydrogen-bond donors (Lipinski definition) is 2. The van der Waals surface area contributed by atoms with Crippen molar-refractivity contribution in [2.45, 2.75) is 90.5 Å². The fraction of sp³-hybridized carbons (Fsp3) is 0.741. The Morgan fingerprint density at radius 3 is 2.57 bits per heavy atom. The summed E-state index contributed by atoms with van der Waals surface area (Å²) >= 11 is 0.